The van der Waals surface area contributed by atoms with Gasteiger partial charge in [-0.25, -0.2) is 8.42 Å². The predicted octanol–water partition coefficient (Wildman–Crippen LogP) is 1.26. The number of carbonyl (C=O) groups excluding carboxylic acids is 1. The molecule has 0 unspecified atom stereocenters. The maximum absolute atomic E-state index is 12.8. The Morgan fingerprint density at radius 3 is 2.30 bits per heavy atom. The molecule has 0 aromatic heterocycles. The number of amides is 1. The van der Waals surface area contributed by atoms with E-state index >= 15 is 0 Å². The first-order valence-electron chi connectivity index (χ1n) is 9.64. The van der Waals surface area contributed by atoms with Crippen LogP contribution in [-0.2, 0) is 21.2 Å². The molecule has 0 bridgehead atoms. The number of nitrogens with zero attached hydrogens (tertiary/aromatic N) is 3. The van der Waals surface area contributed by atoms with Crippen LogP contribution in [-0.4, -0.2) is 67.7 Å². The van der Waals surface area contributed by atoms with E-state index < -0.39 is 20.6 Å². The van der Waals surface area contributed by atoms with E-state index in [9.17, 15) is 23.3 Å². The van der Waals surface area contributed by atoms with Crippen molar-refractivity contribution in [2.24, 2.45) is 0 Å². The monoisotopic (exact) mass is 432 g/mol. The average molecular weight is 433 g/mol. The van der Waals surface area contributed by atoms with Gasteiger partial charge in [0.2, 0.25) is 15.9 Å². The minimum atomic E-state index is -3.97. The van der Waals surface area contributed by atoms with Crippen LogP contribution in [0.5, 0.6) is 0 Å². The third-order valence-corrected chi connectivity index (χ3v) is 6.90. The maximum Gasteiger partial charge on any atom is 0.289 e. The SMILES string of the molecule is O=C(CN1CCN(S(=O)(=O)c2ccccc2[N+](=O)[O-])CC1)NCCc1ccccc1. The number of para-hydroxylation sites is 1. The zero-order valence-corrected chi connectivity index (χ0v) is 17.3. The van der Waals surface area contributed by atoms with Crippen LogP contribution in [0.3, 0.4) is 0 Å². The summed E-state index contributed by atoms with van der Waals surface area (Å²) in [7, 11) is -3.97. The van der Waals surface area contributed by atoms with Crippen molar-refractivity contribution in [3.63, 3.8) is 0 Å². The summed E-state index contributed by atoms with van der Waals surface area (Å²) in [5, 5.41) is 14.0. The molecule has 0 spiro atoms. The van der Waals surface area contributed by atoms with Gasteiger partial charge in [-0.2, -0.15) is 4.31 Å². The summed E-state index contributed by atoms with van der Waals surface area (Å²) in [6.45, 7) is 1.83. The number of hydrogen-bond acceptors (Lipinski definition) is 6. The van der Waals surface area contributed by atoms with Gasteiger partial charge in [-0.15, -0.1) is 0 Å². The highest BCUT2D eigenvalue weighted by molar-refractivity contribution is 7.89. The lowest BCUT2D eigenvalue weighted by molar-refractivity contribution is -0.387. The van der Waals surface area contributed by atoms with Crippen LogP contribution >= 0.6 is 0 Å². The fourth-order valence-electron chi connectivity index (χ4n) is 3.34. The molecule has 0 radical (unpaired) electrons. The number of carbonyl (C=O) groups is 1. The van der Waals surface area contributed by atoms with Crippen molar-refractivity contribution < 1.29 is 18.1 Å². The van der Waals surface area contributed by atoms with Crippen molar-refractivity contribution in [2.45, 2.75) is 11.3 Å². The third kappa shape index (κ3) is 5.41. The predicted molar refractivity (Wildman–Crippen MR) is 111 cm³/mol. The summed E-state index contributed by atoms with van der Waals surface area (Å²) in [6, 6.07) is 15.2. The molecule has 0 saturated carbocycles. The van der Waals surface area contributed by atoms with E-state index in [4.69, 9.17) is 0 Å². The van der Waals surface area contributed by atoms with Crippen molar-refractivity contribution in [1.82, 2.24) is 14.5 Å². The smallest absolute Gasteiger partial charge is 0.289 e. The Labute approximate surface area is 175 Å². The Bertz CT molecular complexity index is 989. The number of nitrogens with one attached hydrogen (secondary N) is 1. The van der Waals surface area contributed by atoms with Crippen molar-refractivity contribution in [2.75, 3.05) is 39.3 Å². The van der Waals surface area contributed by atoms with Gasteiger partial charge in [0.05, 0.1) is 11.5 Å². The second-order valence-electron chi connectivity index (χ2n) is 6.99. The van der Waals surface area contributed by atoms with Crippen molar-refractivity contribution in [3.05, 3.63) is 70.3 Å². The van der Waals surface area contributed by atoms with Crippen LogP contribution < -0.4 is 5.32 Å². The topological polar surface area (TPSA) is 113 Å². The Morgan fingerprint density at radius 1 is 1.00 bits per heavy atom. The average Bonchev–Trinajstić information content (AvgIpc) is 2.75. The van der Waals surface area contributed by atoms with E-state index in [0.29, 0.717) is 19.6 Å². The normalized spacial score (nSPS) is 15.6. The van der Waals surface area contributed by atoms with Crippen LogP contribution in [0.4, 0.5) is 5.69 Å². The molecule has 0 atom stereocenters. The second-order valence-corrected chi connectivity index (χ2v) is 8.90. The van der Waals surface area contributed by atoms with Gasteiger partial charge in [-0.3, -0.25) is 19.8 Å². The summed E-state index contributed by atoms with van der Waals surface area (Å²) in [6.07, 6.45) is 0.745. The van der Waals surface area contributed by atoms with E-state index in [2.05, 4.69) is 5.32 Å². The third-order valence-electron chi connectivity index (χ3n) is 4.96. The van der Waals surface area contributed by atoms with E-state index in [-0.39, 0.29) is 30.4 Å². The molecule has 2 aromatic rings. The molecule has 1 heterocycles. The fourth-order valence-corrected chi connectivity index (χ4v) is 4.92. The Hall–Kier alpha value is -2.82. The first-order valence-corrected chi connectivity index (χ1v) is 11.1. The molecule has 1 aliphatic heterocycles. The largest absolute Gasteiger partial charge is 0.355 e. The molecule has 9 nitrogen and oxygen atoms in total. The highest BCUT2D eigenvalue weighted by Crippen LogP contribution is 2.26. The highest BCUT2D eigenvalue weighted by atomic mass is 32.2. The van der Waals surface area contributed by atoms with E-state index in [1.165, 1.54) is 28.6 Å². The molecule has 30 heavy (non-hydrogen) atoms. The van der Waals surface area contributed by atoms with Crippen LogP contribution in [0.1, 0.15) is 5.56 Å². The molecule has 1 amide bonds. The minimum absolute atomic E-state index is 0.110. The molecule has 10 heteroatoms. The lowest BCUT2D eigenvalue weighted by atomic mass is 10.1. The van der Waals surface area contributed by atoms with E-state index in [0.717, 1.165) is 12.0 Å². The summed E-state index contributed by atoms with van der Waals surface area (Å²) in [5.41, 5.74) is 0.712. The molecule has 1 N–H and O–H groups in total. The summed E-state index contributed by atoms with van der Waals surface area (Å²) >= 11 is 0. The van der Waals surface area contributed by atoms with E-state index in [1.54, 1.807) is 0 Å². The number of nitro groups is 1. The number of nitro benzene ring substituents is 1. The van der Waals surface area contributed by atoms with Gasteiger partial charge in [-0.1, -0.05) is 42.5 Å². The standard InChI is InChI=1S/C20H24N4O5S/c25-20(21-11-10-17-6-2-1-3-7-17)16-22-12-14-23(15-13-22)30(28,29)19-9-5-4-8-18(19)24(26)27/h1-9H,10-16H2,(H,21,25). The van der Waals surface area contributed by atoms with Crippen molar-refractivity contribution in [3.8, 4) is 0 Å². The number of sulfonamides is 1. The Balaban J connectivity index is 1.50. The summed E-state index contributed by atoms with van der Waals surface area (Å²) in [5.74, 6) is -0.110. The Morgan fingerprint density at radius 2 is 1.63 bits per heavy atom. The molecular formula is C20H24N4O5S. The van der Waals surface area contributed by atoms with Gasteiger partial charge in [0.15, 0.2) is 4.90 Å². The van der Waals surface area contributed by atoms with Crippen LogP contribution in [0.15, 0.2) is 59.5 Å². The molecule has 1 aliphatic rings. The number of hydrogen-bond donors (Lipinski definition) is 1. The molecule has 160 valence electrons. The summed E-state index contributed by atoms with van der Waals surface area (Å²) in [4.78, 5) is 24.2. The van der Waals surface area contributed by atoms with Crippen LogP contribution in [0.2, 0.25) is 0 Å². The Kier molecular flexibility index (Phi) is 7.14. The minimum Gasteiger partial charge on any atom is -0.355 e. The molecular weight excluding hydrogens is 408 g/mol. The van der Waals surface area contributed by atoms with Crippen LogP contribution in [0.25, 0.3) is 0 Å². The molecule has 2 aromatic carbocycles. The zero-order valence-electron chi connectivity index (χ0n) is 16.4. The molecule has 3 rings (SSSR count). The quantitative estimate of drug-likeness (QED) is 0.496. The highest BCUT2D eigenvalue weighted by Gasteiger charge is 2.33. The molecule has 1 saturated heterocycles. The lowest BCUT2D eigenvalue weighted by Crippen LogP contribution is -2.51. The van der Waals surface area contributed by atoms with Gasteiger partial charge in [0, 0.05) is 38.8 Å². The number of benzene rings is 2. The molecule has 1 fully saturated rings. The first kappa shape index (κ1) is 21.9. The fraction of sp³-hybridized carbons (Fsp3) is 0.350. The van der Waals surface area contributed by atoms with Crippen molar-refractivity contribution >= 4 is 21.6 Å². The first-order chi connectivity index (χ1) is 14.4. The lowest BCUT2D eigenvalue weighted by Gasteiger charge is -2.33. The van der Waals surface area contributed by atoms with Gasteiger partial charge in [0.1, 0.15) is 0 Å². The van der Waals surface area contributed by atoms with E-state index in [1.807, 2.05) is 35.2 Å². The van der Waals surface area contributed by atoms with Gasteiger partial charge >= 0.3 is 0 Å². The van der Waals surface area contributed by atoms with Gasteiger partial charge in [-0.05, 0) is 18.1 Å². The van der Waals surface area contributed by atoms with Gasteiger partial charge in [0.25, 0.3) is 5.69 Å². The summed E-state index contributed by atoms with van der Waals surface area (Å²) < 4.78 is 26.9. The zero-order chi connectivity index (χ0) is 21.6. The number of piperazine rings is 1. The molecule has 0 aliphatic carbocycles. The number of rotatable bonds is 8. The van der Waals surface area contributed by atoms with Crippen molar-refractivity contribution in [1.29, 1.82) is 0 Å². The van der Waals surface area contributed by atoms with Crippen LogP contribution in [0, 0.1) is 10.1 Å². The maximum atomic E-state index is 12.8. The second kappa shape index (κ2) is 9.79. The van der Waals surface area contributed by atoms with Gasteiger partial charge < -0.3 is 5.32 Å².